The number of aryl methyl sites for hydroxylation is 2. The first-order chi connectivity index (χ1) is 11.2. The standard InChI is InChI=1S/C21H26N2O/c1-14-11-16(12-22-15(14)2)19-17-9-7-8-10-18(17)24-21(6,23-19)13-20(3,4)5/h7-12H,13H2,1-6H3. The number of ether oxygens (including phenoxy) is 1. The highest BCUT2D eigenvalue weighted by molar-refractivity contribution is 6.15. The van der Waals surface area contributed by atoms with E-state index in [1.54, 1.807) is 0 Å². The minimum atomic E-state index is -0.569. The highest BCUT2D eigenvalue weighted by Crippen LogP contribution is 2.38. The molecule has 0 bridgehead atoms. The van der Waals surface area contributed by atoms with Crippen LogP contribution in [0.3, 0.4) is 0 Å². The summed E-state index contributed by atoms with van der Waals surface area (Å²) in [4.78, 5) is 9.56. The van der Waals surface area contributed by atoms with Crippen LogP contribution in [0.15, 0.2) is 41.5 Å². The Kier molecular flexibility index (Phi) is 3.98. The number of nitrogens with zero attached hydrogens (tertiary/aromatic N) is 2. The lowest BCUT2D eigenvalue weighted by Gasteiger charge is -2.37. The molecule has 0 spiro atoms. The summed E-state index contributed by atoms with van der Waals surface area (Å²) in [7, 11) is 0. The second-order valence-electron chi connectivity index (χ2n) is 8.10. The maximum absolute atomic E-state index is 6.29. The highest BCUT2D eigenvalue weighted by atomic mass is 16.5. The van der Waals surface area contributed by atoms with Crippen LogP contribution in [0, 0.1) is 19.3 Å². The van der Waals surface area contributed by atoms with E-state index in [4.69, 9.17) is 9.73 Å². The Morgan fingerprint density at radius 3 is 2.50 bits per heavy atom. The topological polar surface area (TPSA) is 34.5 Å². The van der Waals surface area contributed by atoms with Crippen LogP contribution < -0.4 is 4.74 Å². The zero-order valence-electron chi connectivity index (χ0n) is 15.5. The number of aliphatic imine (C=N–C) groups is 1. The molecule has 0 saturated heterocycles. The van der Waals surface area contributed by atoms with Gasteiger partial charge in [0.2, 0.25) is 0 Å². The van der Waals surface area contributed by atoms with Crippen LogP contribution in [-0.2, 0) is 0 Å². The fourth-order valence-corrected chi connectivity index (χ4v) is 3.36. The number of para-hydroxylation sites is 1. The maximum Gasteiger partial charge on any atom is 0.198 e. The van der Waals surface area contributed by atoms with Gasteiger partial charge in [0.15, 0.2) is 5.72 Å². The van der Waals surface area contributed by atoms with Gasteiger partial charge in [0.25, 0.3) is 0 Å². The number of hydrogen-bond donors (Lipinski definition) is 0. The molecule has 0 amide bonds. The molecular weight excluding hydrogens is 296 g/mol. The molecule has 126 valence electrons. The van der Waals surface area contributed by atoms with Crippen LogP contribution in [0.2, 0.25) is 0 Å². The number of aromatic nitrogens is 1. The molecule has 0 N–H and O–H groups in total. The van der Waals surface area contributed by atoms with Crippen LogP contribution in [0.1, 0.15) is 56.5 Å². The Bertz CT molecular complexity index is 802. The fraction of sp³-hybridized carbons (Fsp3) is 0.429. The first kappa shape index (κ1) is 16.7. The lowest BCUT2D eigenvalue weighted by Crippen LogP contribution is -2.39. The minimum Gasteiger partial charge on any atom is -0.466 e. The summed E-state index contributed by atoms with van der Waals surface area (Å²) in [6, 6.07) is 10.3. The molecule has 0 saturated carbocycles. The molecule has 0 fully saturated rings. The van der Waals surface area contributed by atoms with Gasteiger partial charge < -0.3 is 4.74 Å². The first-order valence-corrected chi connectivity index (χ1v) is 8.49. The van der Waals surface area contributed by atoms with Crippen LogP contribution in [0.4, 0.5) is 0 Å². The van der Waals surface area contributed by atoms with E-state index < -0.39 is 5.72 Å². The molecule has 1 unspecified atom stereocenters. The third-order valence-electron chi connectivity index (χ3n) is 4.29. The Morgan fingerprint density at radius 1 is 1.12 bits per heavy atom. The quantitative estimate of drug-likeness (QED) is 0.772. The Morgan fingerprint density at radius 2 is 1.83 bits per heavy atom. The van der Waals surface area contributed by atoms with E-state index in [2.05, 4.69) is 51.7 Å². The smallest absolute Gasteiger partial charge is 0.198 e. The van der Waals surface area contributed by atoms with Crippen molar-refractivity contribution < 1.29 is 4.74 Å². The number of benzene rings is 1. The van der Waals surface area contributed by atoms with Crippen molar-refractivity contribution in [3.8, 4) is 5.75 Å². The zero-order chi connectivity index (χ0) is 17.5. The third kappa shape index (κ3) is 3.35. The molecule has 2 heterocycles. The van der Waals surface area contributed by atoms with E-state index in [-0.39, 0.29) is 5.41 Å². The third-order valence-corrected chi connectivity index (χ3v) is 4.29. The predicted octanol–water partition coefficient (Wildman–Crippen LogP) is 5.08. The summed E-state index contributed by atoms with van der Waals surface area (Å²) in [5.74, 6) is 0.896. The van der Waals surface area contributed by atoms with Gasteiger partial charge in [-0.05, 0) is 49.9 Å². The van der Waals surface area contributed by atoms with Crippen molar-refractivity contribution in [2.45, 2.75) is 53.7 Å². The van der Waals surface area contributed by atoms with Gasteiger partial charge in [-0.2, -0.15) is 0 Å². The Hall–Kier alpha value is -2.16. The van der Waals surface area contributed by atoms with Crippen LogP contribution in [0.5, 0.6) is 5.75 Å². The van der Waals surface area contributed by atoms with Gasteiger partial charge in [-0.15, -0.1) is 0 Å². The zero-order valence-corrected chi connectivity index (χ0v) is 15.5. The second-order valence-corrected chi connectivity index (χ2v) is 8.10. The van der Waals surface area contributed by atoms with Gasteiger partial charge >= 0.3 is 0 Å². The molecule has 1 atom stereocenters. The molecule has 1 aromatic carbocycles. The second kappa shape index (κ2) is 5.73. The summed E-state index contributed by atoms with van der Waals surface area (Å²) in [6.45, 7) is 12.8. The van der Waals surface area contributed by atoms with Crippen molar-refractivity contribution in [3.05, 3.63) is 58.9 Å². The molecule has 3 heteroatoms. The van der Waals surface area contributed by atoms with E-state index in [0.29, 0.717) is 0 Å². The number of fused-ring (bicyclic) bond motifs is 1. The molecule has 2 aromatic rings. The number of pyridine rings is 1. The maximum atomic E-state index is 6.29. The summed E-state index contributed by atoms with van der Waals surface area (Å²) in [6.07, 6.45) is 2.76. The molecular formula is C21H26N2O. The van der Waals surface area contributed by atoms with Gasteiger partial charge in [0, 0.05) is 29.4 Å². The van der Waals surface area contributed by atoms with Gasteiger partial charge in [0.05, 0.1) is 5.71 Å². The van der Waals surface area contributed by atoms with E-state index >= 15 is 0 Å². The van der Waals surface area contributed by atoms with Gasteiger partial charge in [-0.3, -0.25) is 4.98 Å². The molecule has 1 aliphatic heterocycles. The molecule has 0 radical (unpaired) electrons. The summed E-state index contributed by atoms with van der Waals surface area (Å²) in [5, 5.41) is 0. The molecule has 1 aliphatic rings. The van der Waals surface area contributed by atoms with Crippen molar-refractivity contribution >= 4 is 5.71 Å². The Balaban J connectivity index is 2.14. The summed E-state index contributed by atoms with van der Waals surface area (Å²) >= 11 is 0. The fourth-order valence-electron chi connectivity index (χ4n) is 3.36. The van der Waals surface area contributed by atoms with E-state index in [9.17, 15) is 0 Å². The number of hydrogen-bond acceptors (Lipinski definition) is 3. The van der Waals surface area contributed by atoms with Gasteiger partial charge in [-0.25, -0.2) is 4.99 Å². The number of rotatable bonds is 2. The Labute approximate surface area is 144 Å². The largest absolute Gasteiger partial charge is 0.466 e. The molecule has 1 aromatic heterocycles. The van der Waals surface area contributed by atoms with Crippen LogP contribution >= 0.6 is 0 Å². The molecule has 24 heavy (non-hydrogen) atoms. The summed E-state index contributed by atoms with van der Waals surface area (Å²) in [5.41, 5.74) is 4.84. The first-order valence-electron chi connectivity index (χ1n) is 8.49. The molecule has 3 nitrogen and oxygen atoms in total. The van der Waals surface area contributed by atoms with E-state index in [0.717, 1.165) is 34.7 Å². The SMILES string of the molecule is Cc1cc(C2=NC(C)(CC(C)(C)C)Oc3ccccc32)cnc1C. The van der Waals surface area contributed by atoms with Crippen LogP contribution in [0.25, 0.3) is 0 Å². The average Bonchev–Trinajstić information content (AvgIpc) is 2.47. The normalized spacial score (nSPS) is 20.2. The monoisotopic (exact) mass is 322 g/mol. The van der Waals surface area contributed by atoms with Gasteiger partial charge in [-0.1, -0.05) is 32.9 Å². The summed E-state index contributed by atoms with van der Waals surface area (Å²) < 4.78 is 6.29. The average molecular weight is 322 g/mol. The van der Waals surface area contributed by atoms with Crippen molar-refractivity contribution in [3.63, 3.8) is 0 Å². The van der Waals surface area contributed by atoms with Crippen LogP contribution in [-0.4, -0.2) is 16.4 Å². The predicted molar refractivity (Wildman–Crippen MR) is 98.9 cm³/mol. The van der Waals surface area contributed by atoms with E-state index in [1.165, 1.54) is 5.56 Å². The lowest BCUT2D eigenvalue weighted by atomic mass is 9.86. The van der Waals surface area contributed by atoms with Crippen molar-refractivity contribution in [2.24, 2.45) is 10.4 Å². The highest BCUT2D eigenvalue weighted by Gasteiger charge is 2.36. The van der Waals surface area contributed by atoms with E-state index in [1.807, 2.05) is 31.3 Å². The van der Waals surface area contributed by atoms with Crippen molar-refractivity contribution in [1.29, 1.82) is 0 Å². The minimum absolute atomic E-state index is 0.122. The lowest BCUT2D eigenvalue weighted by molar-refractivity contribution is 0.0495. The molecule has 3 rings (SSSR count). The molecule has 0 aliphatic carbocycles. The van der Waals surface area contributed by atoms with Gasteiger partial charge in [0.1, 0.15) is 5.75 Å². The van der Waals surface area contributed by atoms with Crippen molar-refractivity contribution in [1.82, 2.24) is 4.98 Å². The van der Waals surface area contributed by atoms with Crippen molar-refractivity contribution in [2.75, 3.05) is 0 Å².